The number of carboxylic acids is 1. The predicted octanol–water partition coefficient (Wildman–Crippen LogP) is 4.16. The number of rotatable bonds is 7. The lowest BCUT2D eigenvalue weighted by molar-refractivity contribution is -0.160. The maximum Gasteiger partial charge on any atom is 0.407 e. The molecule has 2 bridgehead atoms. The number of fused-ring (bicyclic) bond motifs is 4. The number of amides is 2. The van der Waals surface area contributed by atoms with Crippen molar-refractivity contribution in [1.29, 1.82) is 0 Å². The molecule has 5 aliphatic rings. The van der Waals surface area contributed by atoms with Gasteiger partial charge in [0.15, 0.2) is 0 Å². The number of nitrogens with zero attached hydrogens (tertiary/aromatic N) is 1. The molecule has 0 radical (unpaired) electrons. The first kappa shape index (κ1) is 22.1. The highest BCUT2D eigenvalue weighted by atomic mass is 16.5. The normalized spacial score (nSPS) is 26.9. The lowest BCUT2D eigenvalue weighted by Gasteiger charge is -2.43. The maximum atomic E-state index is 13.5. The second-order valence-corrected chi connectivity index (χ2v) is 11.1. The first-order chi connectivity index (χ1) is 16.8. The van der Waals surface area contributed by atoms with Crippen molar-refractivity contribution >= 4 is 18.0 Å². The van der Waals surface area contributed by atoms with E-state index in [4.69, 9.17) is 4.74 Å². The molecule has 1 atom stereocenters. The summed E-state index contributed by atoms with van der Waals surface area (Å²) >= 11 is 0. The van der Waals surface area contributed by atoms with E-state index < -0.39 is 23.6 Å². The zero-order chi connectivity index (χ0) is 24.4. The Labute approximate surface area is 204 Å². The molecule has 0 aromatic heterocycles. The van der Waals surface area contributed by atoms with E-state index >= 15 is 0 Å². The third-order valence-electron chi connectivity index (χ3n) is 8.36. The van der Waals surface area contributed by atoms with Crippen LogP contribution >= 0.6 is 0 Å². The van der Waals surface area contributed by atoms with E-state index in [0.717, 1.165) is 35.1 Å². The summed E-state index contributed by atoms with van der Waals surface area (Å²) in [6.07, 6.45) is 2.89. The topological polar surface area (TPSA) is 95.9 Å². The molecule has 2 amide bonds. The Hall–Kier alpha value is -3.35. The second-order valence-electron chi connectivity index (χ2n) is 11.1. The van der Waals surface area contributed by atoms with Crippen molar-refractivity contribution in [2.75, 3.05) is 13.2 Å². The Bertz CT molecular complexity index is 1170. The van der Waals surface area contributed by atoms with Crippen molar-refractivity contribution in [3.63, 3.8) is 0 Å². The highest BCUT2D eigenvalue weighted by Gasteiger charge is 2.69. The van der Waals surface area contributed by atoms with Gasteiger partial charge >= 0.3 is 12.1 Å². The molecule has 182 valence electrons. The highest BCUT2D eigenvalue weighted by molar-refractivity contribution is 5.93. The summed E-state index contributed by atoms with van der Waals surface area (Å²) in [6, 6.07) is 15.5. The van der Waals surface area contributed by atoms with Crippen molar-refractivity contribution in [1.82, 2.24) is 10.2 Å². The van der Waals surface area contributed by atoms with Gasteiger partial charge < -0.3 is 20.1 Å². The van der Waals surface area contributed by atoms with E-state index in [1.54, 1.807) is 0 Å². The van der Waals surface area contributed by atoms with Crippen LogP contribution in [-0.2, 0) is 14.3 Å². The molecule has 7 nitrogen and oxygen atoms in total. The number of carboxylic acid groups (broad SMARTS) is 1. The van der Waals surface area contributed by atoms with Crippen LogP contribution in [0.5, 0.6) is 0 Å². The van der Waals surface area contributed by atoms with Crippen LogP contribution in [0.25, 0.3) is 11.1 Å². The number of nitrogens with one attached hydrogen (secondary N) is 1. The molecule has 4 fully saturated rings. The quantitative estimate of drug-likeness (QED) is 0.628. The Morgan fingerprint density at radius 1 is 1.06 bits per heavy atom. The predicted molar refractivity (Wildman–Crippen MR) is 129 cm³/mol. The van der Waals surface area contributed by atoms with Crippen LogP contribution in [0.3, 0.4) is 0 Å². The third kappa shape index (κ3) is 3.60. The fraction of sp³-hybridized carbons (Fsp3) is 0.464. The van der Waals surface area contributed by atoms with Crippen LogP contribution in [0.1, 0.15) is 56.1 Å². The second kappa shape index (κ2) is 7.83. The standard InChI is InChI=1S/C28H30N2O5/c1-27-14-28(15-27,25(32)33)30(16-27)24(31)23(12-17-10-11-17)29-26(34)35-13-22-20-8-4-2-6-18(20)19-7-3-5-9-21(19)22/h2-9,17,22-23H,10-16H2,1H3,(H,29,34)(H,32,33). The van der Waals surface area contributed by atoms with E-state index in [1.807, 2.05) is 31.2 Å². The molecule has 2 saturated carbocycles. The van der Waals surface area contributed by atoms with Crippen molar-refractivity contribution in [2.45, 2.75) is 56.5 Å². The van der Waals surface area contributed by atoms with Gasteiger partial charge in [-0.15, -0.1) is 0 Å². The number of carbonyl (C=O) groups is 3. The van der Waals surface area contributed by atoms with Gasteiger partial charge in [0.1, 0.15) is 18.2 Å². The van der Waals surface area contributed by atoms with Crippen LogP contribution in [0.4, 0.5) is 4.79 Å². The molecule has 3 aliphatic carbocycles. The summed E-state index contributed by atoms with van der Waals surface area (Å²) in [7, 11) is 0. The first-order valence-corrected chi connectivity index (χ1v) is 12.5. The molecule has 7 rings (SSSR count). The van der Waals surface area contributed by atoms with Gasteiger partial charge in [-0.25, -0.2) is 9.59 Å². The smallest absolute Gasteiger partial charge is 0.407 e. The molecule has 0 spiro atoms. The van der Waals surface area contributed by atoms with Gasteiger partial charge in [-0.2, -0.15) is 0 Å². The molecular weight excluding hydrogens is 444 g/mol. The Morgan fingerprint density at radius 2 is 1.66 bits per heavy atom. The number of benzene rings is 2. The molecule has 2 saturated heterocycles. The number of aliphatic carboxylic acids is 1. The minimum atomic E-state index is -1.13. The van der Waals surface area contributed by atoms with E-state index in [0.29, 0.717) is 31.7 Å². The molecule has 2 aromatic rings. The van der Waals surface area contributed by atoms with E-state index in [1.165, 1.54) is 4.90 Å². The molecule has 1 unspecified atom stereocenters. The van der Waals surface area contributed by atoms with Gasteiger partial charge in [0.25, 0.3) is 0 Å². The number of carbonyl (C=O) groups excluding carboxylic acids is 2. The first-order valence-electron chi connectivity index (χ1n) is 12.5. The zero-order valence-electron chi connectivity index (χ0n) is 19.8. The van der Waals surface area contributed by atoms with Crippen molar-refractivity contribution < 1.29 is 24.2 Å². The summed E-state index contributed by atoms with van der Waals surface area (Å²) in [4.78, 5) is 40.0. The fourth-order valence-electron chi connectivity index (χ4n) is 6.63. The van der Waals surface area contributed by atoms with Gasteiger partial charge in [0.2, 0.25) is 5.91 Å². The van der Waals surface area contributed by atoms with E-state index in [-0.39, 0.29) is 23.8 Å². The molecule has 2 aromatic carbocycles. The molecule has 7 heteroatoms. The zero-order valence-corrected chi connectivity index (χ0v) is 19.8. The van der Waals surface area contributed by atoms with E-state index in [2.05, 4.69) is 29.6 Å². The van der Waals surface area contributed by atoms with Crippen LogP contribution in [-0.4, -0.2) is 52.7 Å². The summed E-state index contributed by atoms with van der Waals surface area (Å²) in [5.41, 5.74) is 3.28. The van der Waals surface area contributed by atoms with Crippen LogP contribution in [0.2, 0.25) is 0 Å². The minimum Gasteiger partial charge on any atom is -0.479 e. The van der Waals surface area contributed by atoms with Gasteiger partial charge in [-0.1, -0.05) is 68.3 Å². The van der Waals surface area contributed by atoms with Crippen molar-refractivity contribution in [3.05, 3.63) is 59.7 Å². The van der Waals surface area contributed by atoms with Gasteiger partial charge in [0.05, 0.1) is 0 Å². The number of hydrogen-bond acceptors (Lipinski definition) is 4. The minimum absolute atomic E-state index is 0.0632. The van der Waals surface area contributed by atoms with Crippen molar-refractivity contribution in [3.8, 4) is 11.1 Å². The highest BCUT2D eigenvalue weighted by Crippen LogP contribution is 2.59. The van der Waals surface area contributed by atoms with E-state index in [9.17, 15) is 19.5 Å². The van der Waals surface area contributed by atoms with Gasteiger partial charge in [0, 0.05) is 12.5 Å². The van der Waals surface area contributed by atoms with Crippen LogP contribution in [0, 0.1) is 11.3 Å². The SMILES string of the molecule is CC12CN(C(=O)C(CC3CC3)NC(=O)OCC3c4ccccc4-c4ccccc43)C(C(=O)O)(C1)C2. The monoisotopic (exact) mass is 474 g/mol. The molecule has 35 heavy (non-hydrogen) atoms. The molecule has 2 heterocycles. The van der Waals surface area contributed by atoms with Crippen LogP contribution in [0.15, 0.2) is 48.5 Å². The summed E-state index contributed by atoms with van der Waals surface area (Å²) in [5.74, 6) is -0.931. The van der Waals surface area contributed by atoms with Gasteiger partial charge in [-0.3, -0.25) is 4.79 Å². The number of hydrogen-bond donors (Lipinski definition) is 2. The summed E-state index contributed by atoms with van der Waals surface area (Å²) in [5, 5.41) is 12.7. The fourth-order valence-corrected chi connectivity index (χ4v) is 6.63. The molecule has 2 N–H and O–H groups in total. The summed E-state index contributed by atoms with van der Waals surface area (Å²) < 4.78 is 5.68. The van der Waals surface area contributed by atoms with Gasteiger partial charge in [-0.05, 0) is 52.8 Å². The Balaban J connectivity index is 1.16. The average Bonchev–Trinajstić information content (AvgIpc) is 3.41. The lowest BCUT2D eigenvalue weighted by Crippen LogP contribution is -2.59. The maximum absolute atomic E-state index is 13.5. The third-order valence-corrected chi connectivity index (χ3v) is 8.36. The molecule has 2 aliphatic heterocycles. The summed E-state index contributed by atoms with van der Waals surface area (Å²) in [6.45, 7) is 2.62. The lowest BCUT2D eigenvalue weighted by atomic mass is 9.63. The number of ether oxygens (including phenoxy) is 1. The van der Waals surface area contributed by atoms with Crippen molar-refractivity contribution in [2.24, 2.45) is 11.3 Å². The average molecular weight is 475 g/mol. The van der Waals surface area contributed by atoms with Crippen LogP contribution < -0.4 is 5.32 Å². The largest absolute Gasteiger partial charge is 0.479 e. The molecular formula is C28H30N2O5. The Morgan fingerprint density at radius 3 is 2.23 bits per heavy atom. The Kier molecular flexibility index (Phi) is 4.95. The number of alkyl carbamates (subject to hydrolysis) is 1.